The van der Waals surface area contributed by atoms with Gasteiger partial charge in [-0.3, -0.25) is 0 Å². The van der Waals surface area contributed by atoms with Gasteiger partial charge in [0.25, 0.3) is 8.53 Å². The Morgan fingerprint density at radius 3 is 1.98 bits per heavy atom. The topological polar surface area (TPSA) is 148 Å². The van der Waals surface area contributed by atoms with Crippen LogP contribution >= 0.6 is 8.53 Å². The Morgan fingerprint density at radius 2 is 1.45 bits per heavy atom. The number of aryl methyl sites for hydroxylation is 1. The largest absolute Gasteiger partial charge is 0.497 e. The van der Waals surface area contributed by atoms with Crippen LogP contribution < -0.4 is 9.47 Å². The molecule has 1 unspecified atom stereocenters. The van der Waals surface area contributed by atoms with E-state index in [1.165, 1.54) is 0 Å². The van der Waals surface area contributed by atoms with Gasteiger partial charge in [-0.15, -0.1) is 0 Å². The molecule has 0 bridgehead atoms. The molecule has 2 aromatic heterocycles. The second-order valence-electron chi connectivity index (χ2n) is 13.4. The van der Waals surface area contributed by atoms with Gasteiger partial charge in [-0.2, -0.15) is 5.26 Å². The zero-order valence-corrected chi connectivity index (χ0v) is 32.2. The first-order chi connectivity index (χ1) is 25.6. The predicted molar refractivity (Wildman–Crippen MR) is 204 cm³/mol. The van der Waals surface area contributed by atoms with Gasteiger partial charge in [-0.05, 0) is 81.0 Å². The van der Waals surface area contributed by atoms with Gasteiger partial charge in [0.1, 0.15) is 41.7 Å². The number of ether oxygens (including phenoxy) is 4. The van der Waals surface area contributed by atoms with Crippen LogP contribution in [0.15, 0.2) is 85.1 Å². The maximum Gasteiger partial charge on any atom is 0.253 e. The molecule has 2 N–H and O–H groups in total. The van der Waals surface area contributed by atoms with Gasteiger partial charge in [0.2, 0.25) is 0 Å². The van der Waals surface area contributed by atoms with Crippen molar-refractivity contribution in [2.24, 2.45) is 0 Å². The molecule has 0 saturated heterocycles. The molecule has 53 heavy (non-hydrogen) atoms. The maximum atomic E-state index is 10.4. The highest BCUT2D eigenvalue weighted by Gasteiger charge is 2.39. The van der Waals surface area contributed by atoms with Crippen molar-refractivity contribution < 1.29 is 28.7 Å². The minimum Gasteiger partial charge on any atom is -0.497 e. The summed E-state index contributed by atoms with van der Waals surface area (Å²) < 4.78 is 27.4. The molecule has 1 atom stereocenters. The van der Waals surface area contributed by atoms with Crippen LogP contribution in [0, 0.1) is 11.3 Å². The molecule has 5 aromatic rings. The Labute approximate surface area is 312 Å². The Balaban J connectivity index is 1.59. The summed E-state index contributed by atoms with van der Waals surface area (Å²) in [6.07, 6.45) is 3.72. The van der Waals surface area contributed by atoms with Crippen molar-refractivity contribution in [3.8, 4) is 17.6 Å². The summed E-state index contributed by atoms with van der Waals surface area (Å²) in [5, 5.41) is 9.46. The van der Waals surface area contributed by atoms with Crippen LogP contribution in [0.1, 0.15) is 74.8 Å². The Hall–Kier alpha value is -4.47. The zero-order valence-electron chi connectivity index (χ0n) is 31.3. The van der Waals surface area contributed by atoms with E-state index in [-0.39, 0.29) is 19.3 Å². The first kappa shape index (κ1) is 39.7. The van der Waals surface area contributed by atoms with Crippen molar-refractivity contribution in [3.05, 3.63) is 113 Å². The maximum absolute atomic E-state index is 10.4. The predicted octanol–water partition coefficient (Wildman–Crippen LogP) is 7.26. The van der Waals surface area contributed by atoms with Crippen LogP contribution in [-0.4, -0.2) is 66.9 Å². The van der Waals surface area contributed by atoms with E-state index in [1.807, 2.05) is 87.5 Å². The molecule has 2 heterocycles. The van der Waals surface area contributed by atoms with Gasteiger partial charge in [0, 0.05) is 31.7 Å². The van der Waals surface area contributed by atoms with Crippen molar-refractivity contribution in [1.29, 1.82) is 5.26 Å². The molecular formula is C40H49N6O6P. The van der Waals surface area contributed by atoms with Crippen molar-refractivity contribution in [1.82, 2.24) is 24.2 Å². The van der Waals surface area contributed by atoms with E-state index in [0.29, 0.717) is 55.0 Å². The van der Waals surface area contributed by atoms with Gasteiger partial charge < -0.3 is 33.3 Å². The molecule has 280 valence electrons. The molecule has 0 radical (unpaired) electrons. The lowest BCUT2D eigenvalue weighted by Gasteiger charge is -2.44. The zero-order chi connectivity index (χ0) is 38.0. The summed E-state index contributed by atoms with van der Waals surface area (Å²) in [7, 11) is 2.52. The van der Waals surface area contributed by atoms with Crippen molar-refractivity contribution in [2.75, 3.05) is 21.3 Å². The van der Waals surface area contributed by atoms with E-state index < -0.39 is 19.7 Å². The number of methoxy groups -OCH3 is 3. The molecule has 0 spiro atoms. The number of nitrogens with zero attached hydrogens (tertiary/aromatic N) is 6. The number of nitriles is 1. The molecule has 5 rings (SSSR count). The molecule has 12 nitrogen and oxygen atoms in total. The molecular weight excluding hydrogens is 691 g/mol. The lowest BCUT2D eigenvalue weighted by atomic mass is 9.80. The molecule has 0 aliphatic heterocycles. The third-order valence-electron chi connectivity index (χ3n) is 9.59. The number of imidazole rings is 1. The van der Waals surface area contributed by atoms with E-state index in [2.05, 4.69) is 27.8 Å². The van der Waals surface area contributed by atoms with E-state index in [1.54, 1.807) is 32.2 Å². The third kappa shape index (κ3) is 8.85. The molecule has 3 aromatic carbocycles. The molecule has 0 aliphatic rings. The van der Waals surface area contributed by atoms with E-state index in [0.717, 1.165) is 28.2 Å². The summed E-state index contributed by atoms with van der Waals surface area (Å²) in [4.78, 5) is 35.2. The molecule has 0 amide bonds. The third-order valence-corrected chi connectivity index (χ3v) is 10.9. The van der Waals surface area contributed by atoms with Gasteiger partial charge in [-0.1, -0.05) is 54.6 Å². The smallest absolute Gasteiger partial charge is 0.253 e. The van der Waals surface area contributed by atoms with Crippen LogP contribution in [0.4, 0.5) is 0 Å². The van der Waals surface area contributed by atoms with Gasteiger partial charge in [0.05, 0.1) is 26.5 Å². The minimum atomic E-state index is -2.37. The summed E-state index contributed by atoms with van der Waals surface area (Å²) in [5.74, 6) is 2.63. The SMILES string of the molecule is COCc1ncc2nc(COC(c3ccccc3)(c3ccc(OC)cc3)c3ccc(OC)cc3)n(CCCC(C)(CCC#N)N(C(C)C)P(O)O)c2n1. The van der Waals surface area contributed by atoms with Gasteiger partial charge in [-0.25, -0.2) is 19.6 Å². The summed E-state index contributed by atoms with van der Waals surface area (Å²) >= 11 is 0. The average molecular weight is 741 g/mol. The highest BCUT2D eigenvalue weighted by Crippen LogP contribution is 2.45. The standard InChI is InChI=1S/C40H49N6O6P/c1-29(2)46(53(47)48)39(3,22-10-24-41)23-11-25-45-37(43-35-26-42-36(27-49-4)44-38(35)45)28-52-40(30-12-8-7-9-13-30,31-14-18-33(50-5)19-15-31)32-16-20-34(51-6)21-17-32/h7-9,12-21,26,29,47-48H,10-11,22-23,25,27-28H2,1-6H3. The fourth-order valence-corrected chi connectivity index (χ4v) is 8.18. The Kier molecular flexibility index (Phi) is 13.5. The van der Waals surface area contributed by atoms with Crippen LogP contribution in [0.3, 0.4) is 0 Å². The Morgan fingerprint density at radius 1 is 0.849 bits per heavy atom. The van der Waals surface area contributed by atoms with E-state index in [4.69, 9.17) is 28.9 Å². The lowest BCUT2D eigenvalue weighted by Crippen LogP contribution is -2.46. The fraction of sp³-hybridized carbons (Fsp3) is 0.400. The molecule has 0 aliphatic carbocycles. The van der Waals surface area contributed by atoms with Crippen LogP contribution in [0.2, 0.25) is 0 Å². The van der Waals surface area contributed by atoms with E-state index >= 15 is 0 Å². The average Bonchev–Trinajstić information content (AvgIpc) is 3.51. The first-order valence-electron chi connectivity index (χ1n) is 17.6. The normalized spacial score (nSPS) is 13.1. The van der Waals surface area contributed by atoms with Crippen LogP contribution in [-0.2, 0) is 34.8 Å². The van der Waals surface area contributed by atoms with Crippen molar-refractivity contribution in [2.45, 2.75) is 83.4 Å². The van der Waals surface area contributed by atoms with Crippen LogP contribution in [0.5, 0.6) is 11.5 Å². The first-order valence-corrected chi connectivity index (χ1v) is 18.8. The summed E-state index contributed by atoms with van der Waals surface area (Å²) in [5.41, 5.74) is 2.28. The number of aromatic nitrogens is 4. The quantitative estimate of drug-likeness (QED) is 0.0651. The van der Waals surface area contributed by atoms with Gasteiger partial charge in [0.15, 0.2) is 11.5 Å². The second kappa shape index (κ2) is 18.0. The van der Waals surface area contributed by atoms with Crippen LogP contribution in [0.25, 0.3) is 11.2 Å². The van der Waals surface area contributed by atoms with Crippen molar-refractivity contribution >= 4 is 19.7 Å². The lowest BCUT2D eigenvalue weighted by molar-refractivity contribution is -0.00446. The van der Waals surface area contributed by atoms with E-state index in [9.17, 15) is 15.0 Å². The number of hydrogen-bond donors (Lipinski definition) is 2. The summed E-state index contributed by atoms with van der Waals surface area (Å²) in [6.45, 7) is 6.72. The highest BCUT2D eigenvalue weighted by molar-refractivity contribution is 7.42. The molecule has 0 fully saturated rings. The van der Waals surface area contributed by atoms with Gasteiger partial charge >= 0.3 is 0 Å². The number of fused-ring (bicyclic) bond motifs is 1. The van der Waals surface area contributed by atoms with Crippen molar-refractivity contribution in [3.63, 3.8) is 0 Å². The summed E-state index contributed by atoms with van der Waals surface area (Å²) in [6, 6.07) is 28.0. The molecule has 13 heteroatoms. The number of hydrogen-bond acceptors (Lipinski definition) is 11. The Bertz CT molecular complexity index is 1890. The second-order valence-corrected chi connectivity index (χ2v) is 14.3. The number of rotatable bonds is 19. The minimum absolute atomic E-state index is 0.103. The molecule has 0 saturated carbocycles. The number of benzene rings is 3. The fourth-order valence-electron chi connectivity index (χ4n) is 7.13. The monoisotopic (exact) mass is 740 g/mol. The highest BCUT2D eigenvalue weighted by atomic mass is 31.2.